The first kappa shape index (κ1) is 14.8. The predicted molar refractivity (Wildman–Crippen MR) is 72.9 cm³/mol. The molecule has 5 heteroatoms. The lowest BCUT2D eigenvalue weighted by molar-refractivity contribution is -0.131. The number of rotatable bonds is 6. The van der Waals surface area contributed by atoms with Gasteiger partial charge in [0.25, 0.3) is 0 Å². The number of nitrogens with two attached hydrogens (primary N) is 1. The second-order valence-electron chi connectivity index (χ2n) is 4.16. The van der Waals surface area contributed by atoms with E-state index < -0.39 is 0 Å². The van der Waals surface area contributed by atoms with E-state index in [2.05, 4.69) is 0 Å². The van der Waals surface area contributed by atoms with E-state index in [4.69, 9.17) is 22.1 Å². The number of hydrogen-bond acceptors (Lipinski definition) is 3. The van der Waals surface area contributed by atoms with Gasteiger partial charge in [-0.1, -0.05) is 23.7 Å². The largest absolute Gasteiger partial charge is 0.490 e. The van der Waals surface area contributed by atoms with Gasteiger partial charge in [-0.05, 0) is 26.0 Å². The first-order chi connectivity index (χ1) is 8.56. The summed E-state index contributed by atoms with van der Waals surface area (Å²) in [6.07, 6.45) is 0. The van der Waals surface area contributed by atoms with Crippen molar-refractivity contribution in [3.63, 3.8) is 0 Å². The second kappa shape index (κ2) is 7.24. The fourth-order valence-electron chi connectivity index (χ4n) is 1.60. The summed E-state index contributed by atoms with van der Waals surface area (Å²) in [5.74, 6) is 0.552. The van der Waals surface area contributed by atoms with Crippen molar-refractivity contribution >= 4 is 17.5 Å². The molecular formula is C13H19ClN2O2. The number of carbonyl (C=O) groups excluding carboxylic acids is 1. The van der Waals surface area contributed by atoms with Gasteiger partial charge in [0.15, 0.2) is 0 Å². The number of nitrogens with zero attached hydrogens (tertiary/aromatic N) is 1. The van der Waals surface area contributed by atoms with Crippen LogP contribution in [0.25, 0.3) is 0 Å². The Balaban J connectivity index is 2.49. The Bertz CT molecular complexity index is 396. The zero-order chi connectivity index (χ0) is 13.5. The monoisotopic (exact) mass is 270 g/mol. The Kier molecular flexibility index (Phi) is 5.95. The lowest BCUT2D eigenvalue weighted by Crippen LogP contribution is -2.43. The standard InChI is InChI=1S/C13H19ClN2O2/c1-10(2)16(13(17)9-15)7-8-18-12-6-4-3-5-11(12)14/h3-6,10H,7-9,15H2,1-2H3. The zero-order valence-electron chi connectivity index (χ0n) is 10.7. The average molecular weight is 271 g/mol. The highest BCUT2D eigenvalue weighted by atomic mass is 35.5. The molecule has 2 N–H and O–H groups in total. The number of benzene rings is 1. The molecule has 0 fully saturated rings. The van der Waals surface area contributed by atoms with Crippen LogP contribution in [0.4, 0.5) is 0 Å². The average Bonchev–Trinajstić information content (AvgIpc) is 2.35. The molecule has 0 saturated carbocycles. The van der Waals surface area contributed by atoms with Crippen LogP contribution in [0.1, 0.15) is 13.8 Å². The molecule has 0 bridgehead atoms. The third kappa shape index (κ3) is 4.20. The molecule has 0 saturated heterocycles. The molecule has 1 aromatic rings. The Hall–Kier alpha value is -1.26. The van der Waals surface area contributed by atoms with Crippen molar-refractivity contribution in [3.05, 3.63) is 29.3 Å². The maximum absolute atomic E-state index is 11.6. The topological polar surface area (TPSA) is 55.6 Å². The Morgan fingerprint density at radius 1 is 1.44 bits per heavy atom. The molecule has 0 heterocycles. The lowest BCUT2D eigenvalue weighted by atomic mass is 10.3. The minimum atomic E-state index is -0.0761. The van der Waals surface area contributed by atoms with Crippen LogP contribution in [0.2, 0.25) is 5.02 Å². The molecule has 18 heavy (non-hydrogen) atoms. The van der Waals surface area contributed by atoms with E-state index in [1.165, 1.54) is 0 Å². The van der Waals surface area contributed by atoms with E-state index in [0.29, 0.717) is 23.9 Å². The van der Waals surface area contributed by atoms with Crippen LogP contribution in [-0.4, -0.2) is 36.5 Å². The van der Waals surface area contributed by atoms with Crippen LogP contribution in [-0.2, 0) is 4.79 Å². The van der Waals surface area contributed by atoms with Crippen molar-refractivity contribution in [1.29, 1.82) is 0 Å². The minimum Gasteiger partial charge on any atom is -0.490 e. The van der Waals surface area contributed by atoms with E-state index in [9.17, 15) is 4.79 Å². The fourth-order valence-corrected chi connectivity index (χ4v) is 1.79. The number of carbonyl (C=O) groups is 1. The second-order valence-corrected chi connectivity index (χ2v) is 4.57. The highest BCUT2D eigenvalue weighted by Crippen LogP contribution is 2.22. The van der Waals surface area contributed by atoms with Gasteiger partial charge >= 0.3 is 0 Å². The summed E-state index contributed by atoms with van der Waals surface area (Å²) < 4.78 is 5.55. The molecule has 0 radical (unpaired) electrons. The van der Waals surface area contributed by atoms with Crippen LogP contribution in [0.15, 0.2) is 24.3 Å². The number of para-hydroxylation sites is 1. The van der Waals surface area contributed by atoms with Gasteiger partial charge in [-0.15, -0.1) is 0 Å². The normalized spacial score (nSPS) is 10.5. The molecule has 4 nitrogen and oxygen atoms in total. The number of halogens is 1. The molecule has 0 unspecified atom stereocenters. The smallest absolute Gasteiger partial charge is 0.236 e. The van der Waals surface area contributed by atoms with Crippen molar-refractivity contribution in [2.75, 3.05) is 19.7 Å². The van der Waals surface area contributed by atoms with Gasteiger partial charge in [-0.3, -0.25) is 4.79 Å². The van der Waals surface area contributed by atoms with Gasteiger partial charge in [0.1, 0.15) is 12.4 Å². The molecule has 100 valence electrons. The van der Waals surface area contributed by atoms with Crippen LogP contribution in [0, 0.1) is 0 Å². The van der Waals surface area contributed by atoms with E-state index in [1.807, 2.05) is 26.0 Å². The van der Waals surface area contributed by atoms with Crippen molar-refractivity contribution in [2.45, 2.75) is 19.9 Å². The summed E-state index contributed by atoms with van der Waals surface area (Å²) >= 11 is 5.97. The summed E-state index contributed by atoms with van der Waals surface area (Å²) in [5.41, 5.74) is 5.36. The van der Waals surface area contributed by atoms with E-state index in [-0.39, 0.29) is 18.5 Å². The third-order valence-electron chi connectivity index (χ3n) is 2.54. The van der Waals surface area contributed by atoms with E-state index in [1.54, 1.807) is 17.0 Å². The molecule has 0 atom stereocenters. The van der Waals surface area contributed by atoms with E-state index >= 15 is 0 Å². The highest BCUT2D eigenvalue weighted by Gasteiger charge is 2.15. The molecule has 1 rings (SSSR count). The first-order valence-electron chi connectivity index (χ1n) is 5.93. The van der Waals surface area contributed by atoms with Crippen molar-refractivity contribution in [3.8, 4) is 5.75 Å². The quantitative estimate of drug-likeness (QED) is 0.859. The molecule has 1 amide bonds. The summed E-state index contributed by atoms with van der Waals surface area (Å²) in [5, 5.41) is 0.568. The molecule has 0 aliphatic carbocycles. The fraction of sp³-hybridized carbons (Fsp3) is 0.462. The summed E-state index contributed by atoms with van der Waals surface area (Å²) in [4.78, 5) is 13.3. The van der Waals surface area contributed by atoms with Crippen LogP contribution in [0.3, 0.4) is 0 Å². The molecular weight excluding hydrogens is 252 g/mol. The first-order valence-corrected chi connectivity index (χ1v) is 6.31. The highest BCUT2D eigenvalue weighted by molar-refractivity contribution is 6.32. The van der Waals surface area contributed by atoms with Gasteiger partial charge in [0, 0.05) is 6.04 Å². The van der Waals surface area contributed by atoms with Crippen molar-refractivity contribution in [2.24, 2.45) is 5.73 Å². The van der Waals surface area contributed by atoms with Crippen molar-refractivity contribution < 1.29 is 9.53 Å². The zero-order valence-corrected chi connectivity index (χ0v) is 11.5. The number of amides is 1. The molecule has 0 spiro atoms. The number of ether oxygens (including phenoxy) is 1. The van der Waals surface area contributed by atoms with Gasteiger partial charge in [-0.25, -0.2) is 0 Å². The number of hydrogen-bond donors (Lipinski definition) is 1. The maximum Gasteiger partial charge on any atom is 0.236 e. The van der Waals surface area contributed by atoms with Gasteiger partial charge in [0.05, 0.1) is 18.1 Å². The Morgan fingerprint density at radius 2 is 2.11 bits per heavy atom. The maximum atomic E-state index is 11.6. The Labute approximate surface area is 113 Å². The SMILES string of the molecule is CC(C)N(CCOc1ccccc1Cl)C(=O)CN. The van der Waals surface area contributed by atoms with Gasteiger partial charge in [-0.2, -0.15) is 0 Å². The lowest BCUT2D eigenvalue weighted by Gasteiger charge is -2.26. The van der Waals surface area contributed by atoms with Gasteiger partial charge < -0.3 is 15.4 Å². The van der Waals surface area contributed by atoms with Crippen LogP contribution >= 0.6 is 11.6 Å². The summed E-state index contributed by atoms with van der Waals surface area (Å²) in [6, 6.07) is 7.37. The molecule has 0 aliphatic heterocycles. The molecule has 0 aliphatic rings. The van der Waals surface area contributed by atoms with Crippen LogP contribution < -0.4 is 10.5 Å². The minimum absolute atomic E-state index is 0.0181. The van der Waals surface area contributed by atoms with Crippen LogP contribution in [0.5, 0.6) is 5.75 Å². The molecule has 0 aromatic heterocycles. The van der Waals surface area contributed by atoms with Crippen molar-refractivity contribution in [1.82, 2.24) is 4.90 Å². The predicted octanol–water partition coefficient (Wildman–Crippen LogP) is 1.91. The third-order valence-corrected chi connectivity index (χ3v) is 2.86. The van der Waals surface area contributed by atoms with Gasteiger partial charge in [0.2, 0.25) is 5.91 Å². The summed E-state index contributed by atoms with van der Waals surface area (Å²) in [6.45, 7) is 4.81. The molecule has 1 aromatic carbocycles. The van der Waals surface area contributed by atoms with E-state index in [0.717, 1.165) is 0 Å². The summed E-state index contributed by atoms with van der Waals surface area (Å²) in [7, 11) is 0. The Morgan fingerprint density at radius 3 is 2.67 bits per heavy atom.